The van der Waals surface area contributed by atoms with Crippen LogP contribution in [0.25, 0.3) is 0 Å². The Bertz CT molecular complexity index is 760. The van der Waals surface area contributed by atoms with E-state index in [9.17, 15) is 4.79 Å². The third-order valence-electron chi connectivity index (χ3n) is 4.29. The molecule has 1 fully saturated rings. The van der Waals surface area contributed by atoms with Gasteiger partial charge in [0.1, 0.15) is 0 Å². The minimum atomic E-state index is 0.0377. The van der Waals surface area contributed by atoms with Crippen molar-refractivity contribution in [2.24, 2.45) is 5.92 Å². The third kappa shape index (κ3) is 4.47. The molecule has 0 saturated carbocycles. The molecule has 0 radical (unpaired) electrons. The molecule has 1 saturated heterocycles. The topological polar surface area (TPSA) is 20.3 Å². The second kappa shape index (κ2) is 8.15. The fraction of sp³-hybridized carbons (Fsp3) is 0.286. The van der Waals surface area contributed by atoms with Gasteiger partial charge in [0.15, 0.2) is 5.78 Å². The first-order chi connectivity index (χ1) is 11.7. The van der Waals surface area contributed by atoms with E-state index in [2.05, 4.69) is 16.7 Å². The fourth-order valence-electron chi connectivity index (χ4n) is 3.07. The lowest BCUT2D eigenvalue weighted by atomic mass is 9.90. The molecule has 122 valence electrons. The van der Waals surface area contributed by atoms with Gasteiger partial charge in [0.25, 0.3) is 0 Å². The fourth-order valence-corrected chi connectivity index (χ4v) is 3.26. The van der Waals surface area contributed by atoms with Crippen LogP contribution in [0.4, 0.5) is 0 Å². The lowest BCUT2D eigenvalue weighted by Crippen LogP contribution is -2.38. The molecule has 2 aromatic carbocycles. The van der Waals surface area contributed by atoms with E-state index < -0.39 is 0 Å². The van der Waals surface area contributed by atoms with Crippen LogP contribution < -0.4 is 0 Å². The predicted octanol–water partition coefficient (Wildman–Crippen LogP) is 4.29. The summed E-state index contributed by atoms with van der Waals surface area (Å²) in [6, 6.07) is 17.2. The molecule has 2 nitrogen and oxygen atoms in total. The Kier molecular flexibility index (Phi) is 5.69. The number of rotatable bonds is 3. The molecule has 0 aliphatic carbocycles. The first-order valence-electron chi connectivity index (χ1n) is 8.28. The molecule has 0 N–H and O–H groups in total. The van der Waals surface area contributed by atoms with Gasteiger partial charge in [-0.2, -0.15) is 0 Å². The van der Waals surface area contributed by atoms with E-state index in [4.69, 9.17) is 11.6 Å². The van der Waals surface area contributed by atoms with Gasteiger partial charge in [-0.3, -0.25) is 9.69 Å². The molecule has 0 spiro atoms. The van der Waals surface area contributed by atoms with Gasteiger partial charge >= 0.3 is 0 Å². The van der Waals surface area contributed by atoms with Crippen LogP contribution in [0.2, 0.25) is 5.02 Å². The van der Waals surface area contributed by atoms with Gasteiger partial charge < -0.3 is 0 Å². The minimum absolute atomic E-state index is 0.0377. The molecule has 0 aromatic heterocycles. The Labute approximate surface area is 148 Å². The zero-order chi connectivity index (χ0) is 16.8. The van der Waals surface area contributed by atoms with Crippen LogP contribution in [0.5, 0.6) is 0 Å². The molecule has 1 heterocycles. The highest BCUT2D eigenvalue weighted by atomic mass is 35.5. The van der Waals surface area contributed by atoms with Gasteiger partial charge in [-0.05, 0) is 43.7 Å². The number of halogens is 1. The first-order valence-corrected chi connectivity index (χ1v) is 8.66. The molecule has 3 heteroatoms. The Balaban J connectivity index is 1.60. The monoisotopic (exact) mass is 337 g/mol. The summed E-state index contributed by atoms with van der Waals surface area (Å²) < 4.78 is 0. The summed E-state index contributed by atoms with van der Waals surface area (Å²) >= 11 is 6.00. The van der Waals surface area contributed by atoms with Crippen LogP contribution in [0, 0.1) is 17.8 Å². The Morgan fingerprint density at radius 1 is 1.17 bits per heavy atom. The maximum atomic E-state index is 12.7. The molecular formula is C21H20ClNO. The first kappa shape index (κ1) is 16.8. The lowest BCUT2D eigenvalue weighted by Gasteiger charge is -2.30. The maximum absolute atomic E-state index is 12.7. The van der Waals surface area contributed by atoms with Crippen LogP contribution >= 0.6 is 11.6 Å². The number of piperidine rings is 1. The smallest absolute Gasteiger partial charge is 0.167 e. The van der Waals surface area contributed by atoms with E-state index in [0.717, 1.165) is 31.5 Å². The van der Waals surface area contributed by atoms with Crippen molar-refractivity contribution in [3.05, 3.63) is 70.7 Å². The van der Waals surface area contributed by atoms with Crippen LogP contribution in [0.3, 0.4) is 0 Å². The van der Waals surface area contributed by atoms with Gasteiger partial charge in [-0.15, -0.1) is 0 Å². The highest BCUT2D eigenvalue weighted by molar-refractivity contribution is 6.31. The van der Waals surface area contributed by atoms with Gasteiger partial charge in [-0.25, -0.2) is 0 Å². The third-order valence-corrected chi connectivity index (χ3v) is 4.53. The average molecular weight is 338 g/mol. The normalized spacial score (nSPS) is 17.8. The lowest BCUT2D eigenvalue weighted by molar-refractivity contribution is 0.0833. The van der Waals surface area contributed by atoms with Gasteiger partial charge in [-0.1, -0.05) is 53.8 Å². The standard InChI is InChI=1S/C21H20ClNO/c22-20-12-4-10-18(15-20)21(24)19-11-6-14-23(16-19)13-5-9-17-7-2-1-3-8-17/h1-4,7-8,10,12,15,19H,6,11,13-14,16H2/t19-/m0/s1. The highest BCUT2D eigenvalue weighted by Gasteiger charge is 2.26. The maximum Gasteiger partial charge on any atom is 0.167 e. The predicted molar refractivity (Wildman–Crippen MR) is 98.3 cm³/mol. The summed E-state index contributed by atoms with van der Waals surface area (Å²) in [6.45, 7) is 2.48. The van der Waals surface area contributed by atoms with Crippen molar-refractivity contribution < 1.29 is 4.79 Å². The van der Waals surface area contributed by atoms with E-state index in [0.29, 0.717) is 17.1 Å². The van der Waals surface area contributed by atoms with E-state index in [1.54, 1.807) is 12.1 Å². The van der Waals surface area contributed by atoms with Crippen LogP contribution in [0.15, 0.2) is 54.6 Å². The summed E-state index contributed by atoms with van der Waals surface area (Å²) in [4.78, 5) is 14.9. The second-order valence-corrected chi connectivity index (χ2v) is 6.55. The second-order valence-electron chi connectivity index (χ2n) is 6.12. The zero-order valence-electron chi connectivity index (χ0n) is 13.5. The van der Waals surface area contributed by atoms with Crippen molar-refractivity contribution >= 4 is 17.4 Å². The number of ketones is 1. The summed E-state index contributed by atoms with van der Waals surface area (Å²) in [5.41, 5.74) is 1.74. The van der Waals surface area contributed by atoms with Crippen LogP contribution in [0.1, 0.15) is 28.8 Å². The van der Waals surface area contributed by atoms with Crippen molar-refractivity contribution in [2.75, 3.05) is 19.6 Å². The number of benzene rings is 2. The van der Waals surface area contributed by atoms with Crippen molar-refractivity contribution in [1.29, 1.82) is 0 Å². The van der Waals surface area contributed by atoms with Crippen molar-refractivity contribution in [2.45, 2.75) is 12.8 Å². The SMILES string of the molecule is O=C(c1cccc(Cl)c1)[C@H]1CCCN(CC#Cc2ccccc2)C1. The Morgan fingerprint density at radius 2 is 2.00 bits per heavy atom. The van der Waals surface area contributed by atoms with E-state index in [-0.39, 0.29) is 11.7 Å². The van der Waals surface area contributed by atoms with Crippen molar-refractivity contribution in [3.8, 4) is 11.8 Å². The molecule has 3 rings (SSSR count). The quantitative estimate of drug-likeness (QED) is 0.615. The highest BCUT2D eigenvalue weighted by Crippen LogP contribution is 2.22. The Morgan fingerprint density at radius 3 is 2.79 bits per heavy atom. The number of hydrogen-bond donors (Lipinski definition) is 0. The average Bonchev–Trinajstić information content (AvgIpc) is 2.62. The number of carbonyl (C=O) groups excluding carboxylic acids is 1. The summed E-state index contributed by atoms with van der Waals surface area (Å²) in [5, 5.41) is 0.613. The molecule has 1 aliphatic heterocycles. The Hall–Kier alpha value is -2.08. The molecule has 1 aliphatic rings. The molecule has 24 heavy (non-hydrogen) atoms. The van der Waals surface area contributed by atoms with Crippen molar-refractivity contribution in [3.63, 3.8) is 0 Å². The largest absolute Gasteiger partial charge is 0.294 e. The van der Waals surface area contributed by atoms with Gasteiger partial charge in [0.2, 0.25) is 0 Å². The van der Waals surface area contributed by atoms with Gasteiger partial charge in [0, 0.05) is 28.6 Å². The van der Waals surface area contributed by atoms with E-state index in [1.807, 2.05) is 42.5 Å². The summed E-state index contributed by atoms with van der Waals surface area (Å²) in [6.07, 6.45) is 1.97. The molecule has 0 amide bonds. The van der Waals surface area contributed by atoms with E-state index in [1.165, 1.54) is 0 Å². The molecule has 1 atom stereocenters. The number of hydrogen-bond acceptors (Lipinski definition) is 2. The molecule has 0 unspecified atom stereocenters. The minimum Gasteiger partial charge on any atom is -0.294 e. The van der Waals surface area contributed by atoms with Crippen LogP contribution in [-0.2, 0) is 0 Å². The summed E-state index contributed by atoms with van der Waals surface area (Å²) in [7, 11) is 0. The number of nitrogens with zero attached hydrogens (tertiary/aromatic N) is 1. The van der Waals surface area contributed by atoms with Gasteiger partial charge in [0.05, 0.1) is 6.54 Å². The molecular weight excluding hydrogens is 318 g/mol. The zero-order valence-corrected chi connectivity index (χ0v) is 14.3. The number of likely N-dealkylation sites (tertiary alicyclic amines) is 1. The number of Topliss-reactive ketones (excluding diaryl/α,β-unsaturated/α-hetero) is 1. The van der Waals surface area contributed by atoms with E-state index >= 15 is 0 Å². The van der Waals surface area contributed by atoms with Crippen molar-refractivity contribution in [1.82, 2.24) is 4.90 Å². The summed E-state index contributed by atoms with van der Waals surface area (Å²) in [5.74, 6) is 6.63. The number of carbonyl (C=O) groups is 1. The molecule has 0 bridgehead atoms. The molecule has 2 aromatic rings. The van der Waals surface area contributed by atoms with Crippen LogP contribution in [-0.4, -0.2) is 30.3 Å².